The molecule has 4 atom stereocenters. The summed E-state index contributed by atoms with van der Waals surface area (Å²) in [5, 5.41) is 33.3. The van der Waals surface area contributed by atoms with Gasteiger partial charge in [-0.2, -0.15) is 0 Å². The molecule has 0 radical (unpaired) electrons. The van der Waals surface area contributed by atoms with Gasteiger partial charge in [0.15, 0.2) is 0 Å². The van der Waals surface area contributed by atoms with Gasteiger partial charge in [0.25, 0.3) is 0 Å². The van der Waals surface area contributed by atoms with Gasteiger partial charge in [-0.1, -0.05) is 23.2 Å². The van der Waals surface area contributed by atoms with Crippen molar-refractivity contribution in [2.75, 3.05) is 11.9 Å². The van der Waals surface area contributed by atoms with Crippen molar-refractivity contribution in [2.24, 2.45) is 0 Å². The fourth-order valence-electron chi connectivity index (χ4n) is 3.01. The van der Waals surface area contributed by atoms with Crippen molar-refractivity contribution >= 4 is 40.2 Å². The number of rotatable bonds is 4. The average Bonchev–Trinajstić information content (AvgIpc) is 3.21. The van der Waals surface area contributed by atoms with E-state index in [1.807, 2.05) is 0 Å². The number of halogens is 2. The molecule has 5 N–H and O–H groups in total. The molecule has 2 aromatic rings. The first-order chi connectivity index (χ1) is 11.5. The zero-order chi connectivity index (χ0) is 17.0. The van der Waals surface area contributed by atoms with E-state index in [9.17, 15) is 15.3 Å². The van der Waals surface area contributed by atoms with Crippen molar-refractivity contribution in [1.82, 2.24) is 9.97 Å². The number of imidazole rings is 1. The summed E-state index contributed by atoms with van der Waals surface area (Å²) >= 11 is 12.5. The summed E-state index contributed by atoms with van der Waals surface area (Å²) in [4.78, 5) is 7.64. The first kappa shape index (κ1) is 16.4. The Morgan fingerprint density at radius 2 is 2.04 bits per heavy atom. The molecule has 130 valence electrons. The molecule has 1 saturated heterocycles. The summed E-state index contributed by atoms with van der Waals surface area (Å²) in [7, 11) is 0. The molecule has 0 unspecified atom stereocenters. The molecule has 0 bridgehead atoms. The molecule has 2 aliphatic rings. The summed E-state index contributed by atoms with van der Waals surface area (Å²) in [5.74, 6) is 0.596. The van der Waals surface area contributed by atoms with Gasteiger partial charge < -0.3 is 30.4 Å². The van der Waals surface area contributed by atoms with Gasteiger partial charge in [-0.15, -0.1) is 0 Å². The molecular formula is C15H17Cl2N3O4. The second-order valence-corrected chi connectivity index (χ2v) is 7.03. The minimum atomic E-state index is -1.24. The number of hydrogen-bond acceptors (Lipinski definition) is 6. The average molecular weight is 374 g/mol. The van der Waals surface area contributed by atoms with E-state index in [2.05, 4.69) is 15.3 Å². The van der Waals surface area contributed by atoms with Gasteiger partial charge in [0.05, 0.1) is 27.7 Å². The Hall–Kier alpha value is -1.09. The van der Waals surface area contributed by atoms with Gasteiger partial charge >= 0.3 is 0 Å². The maximum atomic E-state index is 10.3. The zero-order valence-electron chi connectivity index (χ0n) is 12.5. The van der Waals surface area contributed by atoms with Gasteiger partial charge in [0.2, 0.25) is 5.95 Å². The molecule has 2 fully saturated rings. The van der Waals surface area contributed by atoms with Crippen molar-refractivity contribution in [3.8, 4) is 0 Å². The van der Waals surface area contributed by atoms with E-state index in [-0.39, 0.29) is 5.02 Å². The smallest absolute Gasteiger partial charge is 0.201 e. The van der Waals surface area contributed by atoms with Crippen LogP contribution >= 0.6 is 23.2 Å². The second-order valence-electron chi connectivity index (χ2n) is 6.25. The SMILES string of the molecule is OC[C@@H]1O[C@@H](c2c(Cl)c(Cl)cc3[nH]c(NC4CC4)nc23)[C@H](O)[C@H]1O. The molecule has 0 amide bonds. The molecule has 1 aromatic heterocycles. The molecule has 1 saturated carbocycles. The highest BCUT2D eigenvalue weighted by Crippen LogP contribution is 2.43. The van der Waals surface area contributed by atoms with Crippen LogP contribution in [-0.4, -0.2) is 56.2 Å². The van der Waals surface area contributed by atoms with Crippen molar-refractivity contribution < 1.29 is 20.1 Å². The fraction of sp³-hybridized carbons (Fsp3) is 0.533. The van der Waals surface area contributed by atoms with E-state index < -0.39 is 31.0 Å². The number of hydrogen-bond donors (Lipinski definition) is 5. The number of ether oxygens (including phenoxy) is 1. The molecule has 9 heteroatoms. The third-order valence-electron chi connectivity index (χ3n) is 4.45. The van der Waals surface area contributed by atoms with Crippen molar-refractivity contribution in [2.45, 2.75) is 43.3 Å². The van der Waals surface area contributed by atoms with Crippen LogP contribution in [0.15, 0.2) is 6.07 Å². The number of nitrogens with zero attached hydrogens (tertiary/aromatic N) is 1. The Kier molecular flexibility index (Phi) is 4.11. The molecule has 1 aliphatic carbocycles. The van der Waals surface area contributed by atoms with Crippen molar-refractivity contribution in [3.63, 3.8) is 0 Å². The normalized spacial score (nSPS) is 30.2. The van der Waals surface area contributed by atoms with Crippen LogP contribution < -0.4 is 5.32 Å². The Morgan fingerprint density at radius 3 is 2.67 bits per heavy atom. The largest absolute Gasteiger partial charge is 0.394 e. The second kappa shape index (κ2) is 6.01. The number of nitrogens with one attached hydrogen (secondary N) is 2. The Morgan fingerprint density at radius 1 is 1.29 bits per heavy atom. The van der Waals surface area contributed by atoms with Crippen LogP contribution in [0.2, 0.25) is 10.0 Å². The van der Waals surface area contributed by atoms with Crippen molar-refractivity contribution in [1.29, 1.82) is 0 Å². The molecule has 1 aromatic carbocycles. The number of aromatic amines is 1. The molecule has 2 heterocycles. The number of fused-ring (bicyclic) bond motifs is 1. The quantitative estimate of drug-likeness (QED) is 0.556. The van der Waals surface area contributed by atoms with Gasteiger partial charge in [-0.05, 0) is 18.9 Å². The van der Waals surface area contributed by atoms with Gasteiger partial charge in [-0.3, -0.25) is 0 Å². The highest BCUT2D eigenvalue weighted by molar-refractivity contribution is 6.43. The van der Waals surface area contributed by atoms with Crippen LogP contribution in [0.4, 0.5) is 5.95 Å². The highest BCUT2D eigenvalue weighted by atomic mass is 35.5. The van der Waals surface area contributed by atoms with Gasteiger partial charge in [-0.25, -0.2) is 4.98 Å². The summed E-state index contributed by atoms with van der Waals surface area (Å²) in [5.41, 5.74) is 1.57. The maximum absolute atomic E-state index is 10.3. The Balaban J connectivity index is 1.80. The molecule has 4 rings (SSSR count). The first-order valence-electron chi connectivity index (χ1n) is 7.76. The number of anilines is 1. The Labute approximate surface area is 147 Å². The molecular weight excluding hydrogens is 357 g/mol. The van der Waals surface area contributed by atoms with E-state index in [0.29, 0.717) is 33.6 Å². The molecule has 7 nitrogen and oxygen atoms in total. The summed E-state index contributed by atoms with van der Waals surface area (Å²) in [6, 6.07) is 2.07. The van der Waals surface area contributed by atoms with E-state index in [0.717, 1.165) is 12.8 Å². The van der Waals surface area contributed by atoms with E-state index in [1.165, 1.54) is 0 Å². The van der Waals surface area contributed by atoms with E-state index in [1.54, 1.807) is 6.07 Å². The topological polar surface area (TPSA) is 111 Å². The molecule has 24 heavy (non-hydrogen) atoms. The number of aliphatic hydroxyl groups is 3. The predicted octanol–water partition coefficient (Wildman–Crippen LogP) is 1.60. The molecule has 1 aliphatic heterocycles. The first-order valence-corrected chi connectivity index (χ1v) is 8.51. The van der Waals surface area contributed by atoms with Gasteiger partial charge in [0, 0.05) is 11.6 Å². The lowest BCUT2D eigenvalue weighted by Gasteiger charge is -2.17. The summed E-state index contributed by atoms with van der Waals surface area (Å²) in [6.45, 7) is -0.412. The maximum Gasteiger partial charge on any atom is 0.201 e. The minimum Gasteiger partial charge on any atom is -0.394 e. The summed E-state index contributed by atoms with van der Waals surface area (Å²) in [6.07, 6.45) is -2.08. The third-order valence-corrected chi connectivity index (χ3v) is 5.25. The van der Waals surface area contributed by atoms with Crippen LogP contribution in [-0.2, 0) is 4.74 Å². The minimum absolute atomic E-state index is 0.212. The molecule has 0 spiro atoms. The number of H-pyrrole nitrogens is 1. The lowest BCUT2D eigenvalue weighted by Crippen LogP contribution is -2.32. The zero-order valence-corrected chi connectivity index (χ0v) is 14.1. The lowest BCUT2D eigenvalue weighted by atomic mass is 10.00. The number of benzene rings is 1. The van der Waals surface area contributed by atoms with Crippen LogP contribution in [0.25, 0.3) is 11.0 Å². The monoisotopic (exact) mass is 373 g/mol. The van der Waals surface area contributed by atoms with Crippen LogP contribution in [0.1, 0.15) is 24.5 Å². The fourth-order valence-corrected chi connectivity index (χ4v) is 3.47. The highest BCUT2D eigenvalue weighted by Gasteiger charge is 2.45. The van der Waals surface area contributed by atoms with Crippen molar-refractivity contribution in [3.05, 3.63) is 21.7 Å². The Bertz CT molecular complexity index is 780. The lowest BCUT2D eigenvalue weighted by molar-refractivity contribution is -0.0223. The number of aromatic nitrogens is 2. The third kappa shape index (κ3) is 2.65. The summed E-state index contributed by atoms with van der Waals surface area (Å²) < 4.78 is 5.60. The van der Waals surface area contributed by atoms with Crippen LogP contribution in [0.5, 0.6) is 0 Å². The standard InChI is InChI=1S/C15H17Cl2N3O4/c16-6-3-7-11(20-15(19-7)18-5-1-2-5)9(10(6)17)14-13(23)12(22)8(4-21)24-14/h3,5,8,12-14,21-23H,1-2,4H2,(H2,18,19,20)/t8-,12-,13+,14-/m0/s1. The van der Waals surface area contributed by atoms with Crippen LogP contribution in [0.3, 0.4) is 0 Å². The van der Waals surface area contributed by atoms with E-state index >= 15 is 0 Å². The predicted molar refractivity (Wildman–Crippen MR) is 89.5 cm³/mol. The van der Waals surface area contributed by atoms with Crippen LogP contribution in [0, 0.1) is 0 Å². The van der Waals surface area contributed by atoms with E-state index in [4.69, 9.17) is 27.9 Å². The van der Waals surface area contributed by atoms with Gasteiger partial charge in [0.1, 0.15) is 24.4 Å². The number of aliphatic hydroxyl groups excluding tert-OH is 3.